The van der Waals surface area contributed by atoms with E-state index in [2.05, 4.69) is 22.8 Å². The normalized spacial score (nSPS) is 29.3. The van der Waals surface area contributed by atoms with Crippen molar-refractivity contribution in [3.8, 4) is 0 Å². The highest BCUT2D eigenvalue weighted by atomic mass is 35.5. The molecule has 1 aliphatic heterocycles. The van der Waals surface area contributed by atoms with Gasteiger partial charge < -0.3 is 10.6 Å². The summed E-state index contributed by atoms with van der Waals surface area (Å²) in [5, 5.41) is 7.72. The highest BCUT2D eigenvalue weighted by molar-refractivity contribution is 6.31. The van der Waals surface area contributed by atoms with Gasteiger partial charge in [0.25, 0.3) is 0 Å². The molecule has 0 bridgehead atoms. The summed E-state index contributed by atoms with van der Waals surface area (Å²) in [6, 6.07) is 14.1. The Morgan fingerprint density at radius 1 is 1.12 bits per heavy atom. The second-order valence-electron chi connectivity index (χ2n) is 9.73. The molecule has 0 unspecified atom stereocenters. The summed E-state index contributed by atoms with van der Waals surface area (Å²) in [6.07, 6.45) is 4.11. The van der Waals surface area contributed by atoms with Crippen molar-refractivity contribution in [2.45, 2.75) is 56.4 Å². The van der Waals surface area contributed by atoms with Gasteiger partial charge in [-0.2, -0.15) is 0 Å². The van der Waals surface area contributed by atoms with Gasteiger partial charge in [-0.25, -0.2) is 0 Å². The van der Waals surface area contributed by atoms with Gasteiger partial charge in [-0.1, -0.05) is 47.5 Å². The van der Waals surface area contributed by atoms with Gasteiger partial charge in [-0.3, -0.25) is 9.59 Å². The molecule has 6 heteroatoms. The minimum atomic E-state index is -0.871. The van der Waals surface area contributed by atoms with E-state index >= 15 is 0 Å². The lowest BCUT2D eigenvalue weighted by Crippen LogP contribution is -2.60. The predicted octanol–water partition coefficient (Wildman–Crippen LogP) is 5.36. The van der Waals surface area contributed by atoms with Crippen LogP contribution in [0.25, 0.3) is 0 Å². The van der Waals surface area contributed by atoms with Gasteiger partial charge in [0.1, 0.15) is 5.54 Å². The van der Waals surface area contributed by atoms with E-state index in [0.717, 1.165) is 41.0 Å². The van der Waals surface area contributed by atoms with Gasteiger partial charge in [0.05, 0.1) is 0 Å². The van der Waals surface area contributed by atoms with Crippen LogP contribution in [-0.4, -0.2) is 23.9 Å². The van der Waals surface area contributed by atoms with Crippen LogP contribution in [0.3, 0.4) is 0 Å². The molecule has 32 heavy (non-hydrogen) atoms. The van der Waals surface area contributed by atoms with Crippen LogP contribution in [0.4, 0.5) is 0 Å². The van der Waals surface area contributed by atoms with Crippen LogP contribution in [-0.2, 0) is 9.59 Å². The van der Waals surface area contributed by atoms with Gasteiger partial charge in [-0.15, -0.1) is 0 Å². The first-order chi connectivity index (χ1) is 15.4. The fourth-order valence-electron chi connectivity index (χ4n) is 5.81. The first-order valence-electron chi connectivity index (χ1n) is 11.5. The molecule has 5 rings (SSSR count). The first-order valence-corrected chi connectivity index (χ1v) is 12.2. The van der Waals surface area contributed by atoms with E-state index in [4.69, 9.17) is 23.2 Å². The predicted molar refractivity (Wildman–Crippen MR) is 127 cm³/mol. The van der Waals surface area contributed by atoms with Crippen molar-refractivity contribution < 1.29 is 9.59 Å². The van der Waals surface area contributed by atoms with Crippen molar-refractivity contribution in [2.24, 2.45) is 11.8 Å². The third kappa shape index (κ3) is 3.92. The molecule has 2 saturated carbocycles. The van der Waals surface area contributed by atoms with Crippen molar-refractivity contribution in [3.63, 3.8) is 0 Å². The summed E-state index contributed by atoms with van der Waals surface area (Å²) < 4.78 is 0. The number of carbonyl (C=O) groups excluding carboxylic acids is 2. The number of nitrogens with one attached hydrogen (secondary N) is 2. The SMILES string of the molecule is Cc1ccc([C@@H]2CC[C@@]3(NC(=O)CC4CC4)C(=O)NC[C@H]3[C@H]2c2ccc(Cl)cc2)c(Cl)c1. The molecule has 3 aliphatic rings. The number of amides is 2. The fourth-order valence-corrected chi connectivity index (χ4v) is 6.31. The number of carbonyl (C=O) groups is 2. The van der Waals surface area contributed by atoms with Crippen LogP contribution >= 0.6 is 23.2 Å². The lowest BCUT2D eigenvalue weighted by Gasteiger charge is -2.47. The molecule has 3 fully saturated rings. The monoisotopic (exact) mass is 470 g/mol. The van der Waals surface area contributed by atoms with Crippen molar-refractivity contribution in [3.05, 3.63) is 69.2 Å². The van der Waals surface area contributed by atoms with Crippen LogP contribution in [0.15, 0.2) is 42.5 Å². The van der Waals surface area contributed by atoms with Crippen LogP contribution in [0.1, 0.15) is 60.6 Å². The number of rotatable bonds is 5. The molecule has 2 aromatic rings. The van der Waals surface area contributed by atoms with E-state index in [0.29, 0.717) is 30.3 Å². The summed E-state index contributed by atoms with van der Waals surface area (Å²) >= 11 is 12.9. The van der Waals surface area contributed by atoms with E-state index in [1.807, 2.05) is 37.3 Å². The highest BCUT2D eigenvalue weighted by Crippen LogP contribution is 2.54. The Labute approximate surface area is 199 Å². The average Bonchev–Trinajstić information content (AvgIpc) is 3.51. The van der Waals surface area contributed by atoms with E-state index in [1.165, 1.54) is 0 Å². The molecule has 4 atom stereocenters. The first kappa shape index (κ1) is 21.8. The second kappa shape index (κ2) is 8.39. The quantitative estimate of drug-likeness (QED) is 0.617. The molecule has 2 amide bonds. The lowest BCUT2D eigenvalue weighted by atomic mass is 9.60. The molecule has 4 nitrogen and oxygen atoms in total. The van der Waals surface area contributed by atoms with Gasteiger partial charge in [0.2, 0.25) is 11.8 Å². The van der Waals surface area contributed by atoms with Crippen LogP contribution in [0, 0.1) is 18.8 Å². The van der Waals surface area contributed by atoms with E-state index < -0.39 is 5.54 Å². The number of aryl methyl sites for hydroxylation is 1. The van der Waals surface area contributed by atoms with Crippen LogP contribution in [0.2, 0.25) is 10.0 Å². The summed E-state index contributed by atoms with van der Waals surface area (Å²) in [5.74, 6) is 0.534. The zero-order chi connectivity index (χ0) is 22.5. The molecule has 0 radical (unpaired) electrons. The largest absolute Gasteiger partial charge is 0.354 e. The lowest BCUT2D eigenvalue weighted by molar-refractivity contribution is -0.134. The van der Waals surface area contributed by atoms with Crippen molar-refractivity contribution in [1.29, 1.82) is 0 Å². The minimum Gasteiger partial charge on any atom is -0.354 e. The highest BCUT2D eigenvalue weighted by Gasteiger charge is 2.58. The maximum absolute atomic E-state index is 13.2. The van der Waals surface area contributed by atoms with E-state index in [-0.39, 0.29) is 29.6 Å². The molecule has 0 aromatic heterocycles. The standard InChI is InChI=1S/C26H28Cl2N2O2/c1-15-2-9-19(22(28)12-15)20-10-11-26(30-23(31)13-16-3-4-16)21(14-29-25(26)32)24(20)17-5-7-18(27)8-6-17/h2,5-9,12,16,20-21,24H,3-4,10-11,13-14H2,1H3,(H,29,32)(H,30,31)/t20-,21-,24-,26-/m0/s1. The third-order valence-electron chi connectivity index (χ3n) is 7.58. The van der Waals surface area contributed by atoms with Crippen LogP contribution < -0.4 is 10.6 Å². The molecule has 2 aromatic carbocycles. The molecule has 1 heterocycles. The van der Waals surface area contributed by atoms with Crippen LogP contribution in [0.5, 0.6) is 0 Å². The van der Waals surface area contributed by atoms with Gasteiger partial charge >= 0.3 is 0 Å². The Bertz CT molecular complexity index is 1050. The number of hydrogen-bond donors (Lipinski definition) is 2. The van der Waals surface area contributed by atoms with Crippen molar-refractivity contribution in [2.75, 3.05) is 6.54 Å². The van der Waals surface area contributed by atoms with E-state index in [9.17, 15) is 9.59 Å². The summed E-state index contributed by atoms with van der Waals surface area (Å²) in [7, 11) is 0. The zero-order valence-corrected chi connectivity index (χ0v) is 19.7. The number of hydrogen-bond acceptors (Lipinski definition) is 2. The van der Waals surface area contributed by atoms with Gasteiger partial charge in [0.15, 0.2) is 0 Å². The Hall–Kier alpha value is -2.04. The molecule has 2 N–H and O–H groups in total. The second-order valence-corrected chi connectivity index (χ2v) is 10.6. The molecule has 0 spiro atoms. The smallest absolute Gasteiger partial charge is 0.246 e. The third-order valence-corrected chi connectivity index (χ3v) is 8.16. The Morgan fingerprint density at radius 2 is 1.88 bits per heavy atom. The minimum absolute atomic E-state index is 0.00350. The number of benzene rings is 2. The zero-order valence-electron chi connectivity index (χ0n) is 18.2. The molecule has 1 saturated heterocycles. The maximum Gasteiger partial charge on any atom is 0.246 e. The molecular formula is C26H28Cl2N2O2. The van der Waals surface area contributed by atoms with Gasteiger partial charge in [-0.05, 0) is 85.3 Å². The average molecular weight is 471 g/mol. The summed E-state index contributed by atoms with van der Waals surface area (Å²) in [6.45, 7) is 2.57. The van der Waals surface area contributed by atoms with Crippen molar-refractivity contribution >= 4 is 35.0 Å². The van der Waals surface area contributed by atoms with E-state index in [1.54, 1.807) is 0 Å². The van der Waals surface area contributed by atoms with Crippen molar-refractivity contribution in [1.82, 2.24) is 10.6 Å². The number of fused-ring (bicyclic) bond motifs is 1. The topological polar surface area (TPSA) is 58.2 Å². The molecule has 168 valence electrons. The summed E-state index contributed by atoms with van der Waals surface area (Å²) in [4.78, 5) is 26.0. The maximum atomic E-state index is 13.2. The Morgan fingerprint density at radius 3 is 2.56 bits per heavy atom. The molecule has 2 aliphatic carbocycles. The number of halogens is 2. The Balaban J connectivity index is 1.55. The summed E-state index contributed by atoms with van der Waals surface area (Å²) in [5.41, 5.74) is 2.48. The molecular weight excluding hydrogens is 443 g/mol. The Kier molecular flexibility index (Phi) is 5.71. The fraction of sp³-hybridized carbons (Fsp3) is 0.462. The van der Waals surface area contributed by atoms with Gasteiger partial charge in [0, 0.05) is 28.9 Å².